The number of carboxylic acid groups (broad SMARTS) is 1. The number of hydrogen-bond acceptors (Lipinski definition) is 6. The van der Waals surface area contributed by atoms with E-state index < -0.39 is 0 Å². The summed E-state index contributed by atoms with van der Waals surface area (Å²) in [6, 6.07) is 2.23. The second-order valence-electron chi connectivity index (χ2n) is 5.27. The minimum atomic E-state index is -0.250. The summed E-state index contributed by atoms with van der Waals surface area (Å²) in [7, 11) is 0. The highest BCUT2D eigenvalue weighted by atomic mass is 32.1. The summed E-state index contributed by atoms with van der Waals surface area (Å²) < 4.78 is 0. The summed E-state index contributed by atoms with van der Waals surface area (Å²) in [6.07, 6.45) is 6.07. The number of fused-ring (bicyclic) bond motifs is 1. The number of anilines is 1. The van der Waals surface area contributed by atoms with Crippen molar-refractivity contribution in [3.8, 4) is 16.5 Å². The zero-order valence-electron chi connectivity index (χ0n) is 12.8. The molecule has 0 spiro atoms. The molecule has 1 aliphatic rings. The lowest BCUT2D eigenvalue weighted by molar-refractivity contribution is -0.122. The number of aryl methyl sites for hydroxylation is 1. The van der Waals surface area contributed by atoms with Gasteiger partial charge >= 0.3 is 0 Å². The number of nitrogens with zero attached hydrogens (tertiary/aromatic N) is 3. The minimum Gasteiger partial charge on any atom is -0.483 e. The molecule has 0 radical (unpaired) electrons. The van der Waals surface area contributed by atoms with Gasteiger partial charge in [-0.2, -0.15) is 5.26 Å². The first-order chi connectivity index (χ1) is 11.2. The lowest BCUT2D eigenvalue weighted by atomic mass is 9.81. The Morgan fingerprint density at radius 1 is 1.61 bits per heavy atom. The molecule has 2 aromatic rings. The second kappa shape index (κ2) is 7.70. The fraction of sp³-hybridized carbons (Fsp3) is 0.375. The van der Waals surface area contributed by atoms with Crippen molar-refractivity contribution in [1.82, 2.24) is 9.97 Å². The second-order valence-corrected chi connectivity index (χ2v) is 6.16. The Hall–Kier alpha value is -2.46. The van der Waals surface area contributed by atoms with Gasteiger partial charge in [0.25, 0.3) is 6.47 Å². The first-order valence-corrected chi connectivity index (χ1v) is 8.22. The smallest absolute Gasteiger partial charge is 0.290 e. The topological polar surface area (TPSA) is 113 Å². The molecule has 7 heteroatoms. The van der Waals surface area contributed by atoms with Crippen LogP contribution in [0.2, 0.25) is 0 Å². The zero-order chi connectivity index (χ0) is 16.8. The Kier molecular flexibility index (Phi) is 5.66. The molecule has 0 aromatic carbocycles. The number of pyridine rings is 1. The number of rotatable bonds is 2. The van der Waals surface area contributed by atoms with Gasteiger partial charge in [-0.15, -0.1) is 11.3 Å². The molecule has 23 heavy (non-hydrogen) atoms. The van der Waals surface area contributed by atoms with E-state index in [-0.39, 0.29) is 6.47 Å². The molecule has 0 aliphatic heterocycles. The highest BCUT2D eigenvalue weighted by Gasteiger charge is 2.26. The first-order valence-electron chi connectivity index (χ1n) is 7.34. The SMILES string of the molecule is CCC1CCc2nc(N)c(C#N)c(-c3cncs3)c2C1.O=CO. The van der Waals surface area contributed by atoms with E-state index in [0.29, 0.717) is 17.3 Å². The number of aromatic nitrogens is 2. The van der Waals surface area contributed by atoms with E-state index in [0.717, 1.165) is 41.8 Å². The van der Waals surface area contributed by atoms with Gasteiger partial charge in [0.1, 0.15) is 17.5 Å². The fourth-order valence-corrected chi connectivity index (χ4v) is 3.62. The van der Waals surface area contributed by atoms with Gasteiger partial charge < -0.3 is 10.8 Å². The predicted molar refractivity (Wildman–Crippen MR) is 89.0 cm³/mol. The molecule has 0 fully saturated rings. The third kappa shape index (κ3) is 3.48. The van der Waals surface area contributed by atoms with Gasteiger partial charge in [0.2, 0.25) is 0 Å². The molecule has 1 unspecified atom stereocenters. The Balaban J connectivity index is 0.000000595. The number of nitriles is 1. The van der Waals surface area contributed by atoms with Crippen LogP contribution in [0.15, 0.2) is 11.7 Å². The quantitative estimate of drug-likeness (QED) is 0.819. The Morgan fingerprint density at radius 2 is 2.35 bits per heavy atom. The Morgan fingerprint density at radius 3 is 2.91 bits per heavy atom. The molecule has 3 rings (SSSR count). The standard InChI is InChI=1S/C15H16N4S.CH2O2/c1-2-9-3-4-12-10(5-9)14(13-7-18-8-20-13)11(6-16)15(17)19-12;2-1-3/h7-9H,2-5H2,1H3,(H2,17,19);1H,(H,2,3). The lowest BCUT2D eigenvalue weighted by Gasteiger charge is -2.25. The van der Waals surface area contributed by atoms with Gasteiger partial charge in [-0.3, -0.25) is 9.78 Å². The van der Waals surface area contributed by atoms with E-state index in [2.05, 4.69) is 23.0 Å². The molecule has 2 aromatic heterocycles. The monoisotopic (exact) mass is 330 g/mol. The largest absolute Gasteiger partial charge is 0.483 e. The minimum absolute atomic E-state index is 0.250. The molecule has 120 valence electrons. The number of nitrogen functional groups attached to an aromatic ring is 1. The van der Waals surface area contributed by atoms with E-state index in [1.165, 1.54) is 5.56 Å². The average molecular weight is 330 g/mol. The van der Waals surface area contributed by atoms with Gasteiger partial charge in [-0.25, -0.2) is 4.98 Å². The zero-order valence-corrected chi connectivity index (χ0v) is 13.6. The van der Waals surface area contributed by atoms with Crippen LogP contribution in [0.25, 0.3) is 10.4 Å². The normalized spacial score (nSPS) is 15.7. The van der Waals surface area contributed by atoms with Gasteiger partial charge in [-0.05, 0) is 30.7 Å². The maximum atomic E-state index is 9.44. The van der Waals surface area contributed by atoms with Gasteiger partial charge in [-0.1, -0.05) is 13.3 Å². The number of thiazole rings is 1. The third-order valence-corrected chi connectivity index (χ3v) is 4.85. The van der Waals surface area contributed by atoms with Crippen LogP contribution in [-0.2, 0) is 17.6 Å². The maximum Gasteiger partial charge on any atom is 0.290 e. The predicted octanol–water partition coefficient (Wildman–Crippen LogP) is 2.87. The van der Waals surface area contributed by atoms with Gasteiger partial charge in [0, 0.05) is 17.5 Å². The van der Waals surface area contributed by atoms with Crippen molar-refractivity contribution < 1.29 is 9.90 Å². The molecule has 0 bridgehead atoms. The summed E-state index contributed by atoms with van der Waals surface area (Å²) in [5.41, 5.74) is 11.5. The molecular weight excluding hydrogens is 312 g/mol. The van der Waals surface area contributed by atoms with Crippen molar-refractivity contribution in [1.29, 1.82) is 5.26 Å². The highest BCUT2D eigenvalue weighted by molar-refractivity contribution is 7.13. The van der Waals surface area contributed by atoms with Crippen LogP contribution in [0.5, 0.6) is 0 Å². The Labute approximate surface area is 138 Å². The average Bonchev–Trinajstić information content (AvgIpc) is 3.08. The van der Waals surface area contributed by atoms with E-state index in [1.54, 1.807) is 16.8 Å². The van der Waals surface area contributed by atoms with E-state index in [4.69, 9.17) is 15.6 Å². The molecule has 1 aliphatic carbocycles. The molecule has 2 heterocycles. The van der Waals surface area contributed by atoms with Crippen LogP contribution < -0.4 is 5.73 Å². The van der Waals surface area contributed by atoms with Crippen molar-refractivity contribution in [3.63, 3.8) is 0 Å². The fourth-order valence-electron chi connectivity index (χ4n) is 2.92. The van der Waals surface area contributed by atoms with E-state index in [9.17, 15) is 5.26 Å². The molecule has 1 atom stereocenters. The van der Waals surface area contributed by atoms with Crippen molar-refractivity contribution in [2.24, 2.45) is 5.92 Å². The summed E-state index contributed by atoms with van der Waals surface area (Å²) in [5, 5.41) is 16.3. The number of hydrogen-bond donors (Lipinski definition) is 2. The van der Waals surface area contributed by atoms with Gasteiger partial charge in [0.05, 0.1) is 10.4 Å². The van der Waals surface area contributed by atoms with Crippen molar-refractivity contribution in [3.05, 3.63) is 28.5 Å². The summed E-state index contributed by atoms with van der Waals surface area (Å²) in [6.45, 7) is 1.97. The molecule has 3 N–H and O–H groups in total. The van der Waals surface area contributed by atoms with Crippen LogP contribution in [0.4, 0.5) is 5.82 Å². The van der Waals surface area contributed by atoms with Crippen LogP contribution in [0.1, 0.15) is 36.6 Å². The molecular formula is C16H18N4O2S. The lowest BCUT2D eigenvalue weighted by Crippen LogP contribution is -2.18. The third-order valence-electron chi connectivity index (χ3n) is 4.06. The van der Waals surface area contributed by atoms with Crippen LogP contribution >= 0.6 is 11.3 Å². The van der Waals surface area contributed by atoms with Crippen molar-refractivity contribution >= 4 is 23.6 Å². The van der Waals surface area contributed by atoms with Crippen molar-refractivity contribution in [2.75, 3.05) is 5.73 Å². The molecule has 0 amide bonds. The number of nitrogens with two attached hydrogens (primary N) is 1. The van der Waals surface area contributed by atoms with Crippen LogP contribution in [-0.4, -0.2) is 21.5 Å². The molecule has 0 saturated carbocycles. The van der Waals surface area contributed by atoms with Crippen LogP contribution in [0.3, 0.4) is 0 Å². The maximum absolute atomic E-state index is 9.44. The number of carbonyl (C=O) groups is 1. The summed E-state index contributed by atoms with van der Waals surface area (Å²) in [5.74, 6) is 1.02. The van der Waals surface area contributed by atoms with E-state index in [1.807, 2.05) is 6.20 Å². The van der Waals surface area contributed by atoms with E-state index >= 15 is 0 Å². The Bertz CT molecular complexity index is 723. The summed E-state index contributed by atoms with van der Waals surface area (Å²) in [4.78, 5) is 18.0. The molecule has 0 saturated heterocycles. The van der Waals surface area contributed by atoms with Gasteiger partial charge in [0.15, 0.2) is 0 Å². The van der Waals surface area contributed by atoms with Crippen molar-refractivity contribution in [2.45, 2.75) is 32.6 Å². The van der Waals surface area contributed by atoms with Crippen LogP contribution in [0, 0.1) is 17.2 Å². The highest BCUT2D eigenvalue weighted by Crippen LogP contribution is 2.39. The molecule has 6 nitrogen and oxygen atoms in total. The summed E-state index contributed by atoms with van der Waals surface area (Å²) >= 11 is 1.55. The first kappa shape index (κ1) is 16.9.